The minimum atomic E-state index is -0.466. The fourth-order valence-corrected chi connectivity index (χ4v) is 2.03. The number of rotatable bonds is 7. The zero-order valence-electron chi connectivity index (χ0n) is 13.1. The van der Waals surface area contributed by atoms with Gasteiger partial charge in [0.05, 0.1) is 6.04 Å². The molecule has 21 heavy (non-hydrogen) atoms. The lowest BCUT2D eigenvalue weighted by Crippen LogP contribution is -2.45. The first-order chi connectivity index (χ1) is 9.95. The third-order valence-corrected chi connectivity index (χ3v) is 3.05. The van der Waals surface area contributed by atoms with E-state index < -0.39 is 6.04 Å². The Bertz CT molecular complexity index is 521. The molecular formula is C17H23NO3. The van der Waals surface area contributed by atoms with Gasteiger partial charge in [-0.3, -0.25) is 9.59 Å². The normalized spacial score (nSPS) is 12.4. The van der Waals surface area contributed by atoms with Crippen molar-refractivity contribution in [2.75, 3.05) is 6.61 Å². The maximum atomic E-state index is 11.9. The number of amides is 1. The molecule has 1 aromatic rings. The van der Waals surface area contributed by atoms with Crippen LogP contribution in [0.2, 0.25) is 0 Å². The molecule has 1 unspecified atom stereocenters. The lowest BCUT2D eigenvalue weighted by atomic mass is 10.0. The van der Waals surface area contributed by atoms with Crippen LogP contribution in [-0.2, 0) is 9.59 Å². The lowest BCUT2D eigenvalue weighted by molar-refractivity contribution is -0.129. The van der Waals surface area contributed by atoms with Gasteiger partial charge in [0.2, 0.25) is 0 Å². The van der Waals surface area contributed by atoms with E-state index in [1.165, 1.54) is 6.92 Å². The highest BCUT2D eigenvalue weighted by atomic mass is 16.5. The van der Waals surface area contributed by atoms with Crippen LogP contribution in [0.15, 0.2) is 30.3 Å². The van der Waals surface area contributed by atoms with E-state index in [0.29, 0.717) is 5.75 Å². The highest BCUT2D eigenvalue weighted by molar-refractivity contribution is 5.88. The first kappa shape index (κ1) is 17.0. The number of para-hydroxylation sites is 1. The Balaban J connectivity index is 2.63. The molecule has 1 rings (SSSR count). The molecule has 4 nitrogen and oxygen atoms in total. The third kappa shape index (κ3) is 5.42. The molecule has 1 N–H and O–H groups in total. The quantitative estimate of drug-likeness (QED) is 0.839. The van der Waals surface area contributed by atoms with E-state index in [0.717, 1.165) is 5.56 Å². The Morgan fingerprint density at radius 2 is 1.95 bits per heavy atom. The predicted molar refractivity (Wildman–Crippen MR) is 84.1 cm³/mol. The number of benzene rings is 1. The molecule has 0 aromatic heterocycles. The van der Waals surface area contributed by atoms with Gasteiger partial charge in [-0.05, 0) is 25.8 Å². The van der Waals surface area contributed by atoms with Gasteiger partial charge in [-0.25, -0.2) is 0 Å². The van der Waals surface area contributed by atoms with Crippen molar-refractivity contribution in [3.8, 4) is 5.75 Å². The van der Waals surface area contributed by atoms with Gasteiger partial charge >= 0.3 is 0 Å². The van der Waals surface area contributed by atoms with Crippen molar-refractivity contribution in [3.05, 3.63) is 35.9 Å². The fourth-order valence-electron chi connectivity index (χ4n) is 2.03. The zero-order valence-corrected chi connectivity index (χ0v) is 13.1. The molecule has 0 aliphatic heterocycles. The minimum Gasteiger partial charge on any atom is -0.483 e. The van der Waals surface area contributed by atoms with Crippen molar-refractivity contribution in [3.63, 3.8) is 0 Å². The van der Waals surface area contributed by atoms with Gasteiger partial charge < -0.3 is 10.1 Å². The number of nitrogens with one attached hydrogen (secondary N) is 1. The molecule has 0 saturated carbocycles. The highest BCUT2D eigenvalue weighted by Crippen LogP contribution is 2.19. The van der Waals surface area contributed by atoms with Crippen molar-refractivity contribution in [2.24, 2.45) is 5.92 Å². The molecule has 0 fully saturated rings. The van der Waals surface area contributed by atoms with E-state index in [9.17, 15) is 9.59 Å². The van der Waals surface area contributed by atoms with Gasteiger partial charge in [0.25, 0.3) is 5.91 Å². The summed E-state index contributed by atoms with van der Waals surface area (Å²) in [6, 6.07) is 7.03. The summed E-state index contributed by atoms with van der Waals surface area (Å²) in [5.74, 6) is 0.364. The second kappa shape index (κ2) is 8.25. The van der Waals surface area contributed by atoms with Crippen molar-refractivity contribution in [1.29, 1.82) is 0 Å². The summed E-state index contributed by atoms with van der Waals surface area (Å²) in [7, 11) is 0. The Morgan fingerprint density at radius 1 is 1.29 bits per heavy atom. The number of carbonyl (C=O) groups is 2. The summed E-state index contributed by atoms with van der Waals surface area (Å²) in [5.41, 5.74) is 0.916. The lowest BCUT2D eigenvalue weighted by Gasteiger charge is -2.19. The molecule has 0 aliphatic rings. The van der Waals surface area contributed by atoms with Gasteiger partial charge in [-0.1, -0.05) is 44.2 Å². The van der Waals surface area contributed by atoms with Crippen LogP contribution in [0.25, 0.3) is 6.08 Å². The van der Waals surface area contributed by atoms with Gasteiger partial charge in [0.1, 0.15) is 5.75 Å². The molecule has 1 atom stereocenters. The SMILES string of the molecule is CC=Cc1ccccc1OCC(=O)NC(C(C)=O)C(C)C. The largest absolute Gasteiger partial charge is 0.483 e. The Morgan fingerprint density at radius 3 is 2.52 bits per heavy atom. The van der Waals surface area contributed by atoms with Crippen LogP contribution >= 0.6 is 0 Å². The van der Waals surface area contributed by atoms with E-state index in [1.807, 2.05) is 57.2 Å². The number of hydrogen-bond acceptors (Lipinski definition) is 3. The molecule has 114 valence electrons. The number of allylic oxidation sites excluding steroid dienone is 1. The highest BCUT2D eigenvalue weighted by Gasteiger charge is 2.20. The van der Waals surface area contributed by atoms with E-state index in [-0.39, 0.29) is 24.2 Å². The third-order valence-electron chi connectivity index (χ3n) is 3.05. The van der Waals surface area contributed by atoms with E-state index in [4.69, 9.17) is 4.74 Å². The summed E-state index contributed by atoms with van der Waals surface area (Å²) in [4.78, 5) is 23.4. The fraction of sp³-hybridized carbons (Fsp3) is 0.412. The van der Waals surface area contributed by atoms with Crippen LogP contribution in [0, 0.1) is 5.92 Å². The molecule has 4 heteroatoms. The molecule has 0 bridgehead atoms. The van der Waals surface area contributed by atoms with Gasteiger partial charge in [-0.2, -0.15) is 0 Å². The second-order valence-electron chi connectivity index (χ2n) is 5.23. The van der Waals surface area contributed by atoms with Crippen LogP contribution in [0.5, 0.6) is 5.75 Å². The van der Waals surface area contributed by atoms with Crippen molar-refractivity contribution < 1.29 is 14.3 Å². The number of hydrogen-bond donors (Lipinski definition) is 1. The predicted octanol–water partition coefficient (Wildman–Crippen LogP) is 2.83. The van der Waals surface area contributed by atoms with Gasteiger partial charge in [-0.15, -0.1) is 0 Å². The van der Waals surface area contributed by atoms with Crippen LogP contribution in [-0.4, -0.2) is 24.3 Å². The number of carbonyl (C=O) groups excluding carboxylic acids is 2. The Kier molecular flexibility index (Phi) is 6.66. The van der Waals surface area contributed by atoms with Crippen molar-refractivity contribution in [1.82, 2.24) is 5.32 Å². The van der Waals surface area contributed by atoms with Gasteiger partial charge in [0, 0.05) is 5.56 Å². The molecule has 0 heterocycles. The first-order valence-electron chi connectivity index (χ1n) is 7.10. The maximum absolute atomic E-state index is 11.9. The molecule has 1 amide bonds. The molecule has 1 aromatic carbocycles. The standard InChI is InChI=1S/C17H23NO3/c1-5-8-14-9-6-7-10-15(14)21-11-16(20)18-17(12(2)3)13(4)19/h5-10,12,17H,11H2,1-4H3,(H,18,20). The monoisotopic (exact) mass is 289 g/mol. The molecule has 0 radical (unpaired) electrons. The number of ether oxygens (including phenoxy) is 1. The zero-order chi connectivity index (χ0) is 15.8. The minimum absolute atomic E-state index is 0.0485. The van der Waals surface area contributed by atoms with E-state index >= 15 is 0 Å². The summed E-state index contributed by atoms with van der Waals surface area (Å²) < 4.78 is 5.54. The smallest absolute Gasteiger partial charge is 0.258 e. The number of Topliss-reactive ketones (excluding diaryl/α,β-unsaturated/α-hetero) is 1. The Labute approximate surface area is 126 Å². The summed E-state index contributed by atoms with van der Waals surface area (Å²) in [6.07, 6.45) is 3.83. The molecule has 0 spiro atoms. The van der Waals surface area contributed by atoms with E-state index in [2.05, 4.69) is 5.32 Å². The molecule has 0 saturated heterocycles. The number of ketones is 1. The van der Waals surface area contributed by atoms with E-state index in [1.54, 1.807) is 0 Å². The van der Waals surface area contributed by atoms with Crippen LogP contribution in [0.1, 0.15) is 33.3 Å². The first-order valence-corrected chi connectivity index (χ1v) is 7.10. The van der Waals surface area contributed by atoms with Crippen LogP contribution in [0.3, 0.4) is 0 Å². The second-order valence-corrected chi connectivity index (χ2v) is 5.23. The maximum Gasteiger partial charge on any atom is 0.258 e. The van der Waals surface area contributed by atoms with Crippen LogP contribution < -0.4 is 10.1 Å². The Hall–Kier alpha value is -2.10. The van der Waals surface area contributed by atoms with Gasteiger partial charge in [0.15, 0.2) is 12.4 Å². The summed E-state index contributed by atoms with van der Waals surface area (Å²) in [6.45, 7) is 7.09. The summed E-state index contributed by atoms with van der Waals surface area (Å²) >= 11 is 0. The summed E-state index contributed by atoms with van der Waals surface area (Å²) in [5, 5.41) is 2.71. The molecular weight excluding hydrogens is 266 g/mol. The topological polar surface area (TPSA) is 55.4 Å². The van der Waals surface area contributed by atoms with Crippen molar-refractivity contribution in [2.45, 2.75) is 33.7 Å². The average molecular weight is 289 g/mol. The van der Waals surface area contributed by atoms with Crippen LogP contribution in [0.4, 0.5) is 0 Å². The average Bonchev–Trinajstić information content (AvgIpc) is 2.43. The van der Waals surface area contributed by atoms with Crippen molar-refractivity contribution >= 4 is 17.8 Å². The molecule has 0 aliphatic carbocycles.